The van der Waals surface area contributed by atoms with E-state index in [1.165, 1.54) is 0 Å². The van der Waals surface area contributed by atoms with E-state index < -0.39 is 0 Å². The van der Waals surface area contributed by atoms with E-state index in [-0.39, 0.29) is 24.5 Å². The fourth-order valence-electron chi connectivity index (χ4n) is 2.57. The highest BCUT2D eigenvalue weighted by Gasteiger charge is 2.24. The van der Waals surface area contributed by atoms with Gasteiger partial charge < -0.3 is 15.4 Å². The molecule has 2 aromatic carbocycles. The summed E-state index contributed by atoms with van der Waals surface area (Å²) in [5.74, 6) is 0.146. The molecule has 0 radical (unpaired) electrons. The molecule has 0 heterocycles. The van der Waals surface area contributed by atoms with Crippen molar-refractivity contribution < 1.29 is 14.3 Å². The molecule has 0 aliphatic heterocycles. The lowest BCUT2D eigenvalue weighted by atomic mass is 10.1. The second kappa shape index (κ2) is 7.79. The molecule has 0 atom stereocenters. The molecule has 0 saturated heterocycles. The number of hydrogen-bond donors (Lipinski definition) is 2. The van der Waals surface area contributed by atoms with Gasteiger partial charge in [-0.3, -0.25) is 9.59 Å². The van der Waals surface area contributed by atoms with Gasteiger partial charge in [0.05, 0.1) is 10.6 Å². The molecule has 2 aromatic rings. The van der Waals surface area contributed by atoms with Crippen LogP contribution in [0.5, 0.6) is 5.75 Å². The highest BCUT2D eigenvalue weighted by molar-refractivity contribution is 6.34. The minimum absolute atomic E-state index is 0.115. The Morgan fingerprint density at radius 1 is 1.15 bits per heavy atom. The van der Waals surface area contributed by atoms with Crippen LogP contribution in [0.3, 0.4) is 0 Å². The summed E-state index contributed by atoms with van der Waals surface area (Å²) in [6, 6.07) is 10.9. The lowest BCUT2D eigenvalue weighted by Crippen LogP contribution is -2.26. The standard InChI is InChI=1S/C20H21ClN2O3/c1-12-3-8-18(13(2)9-12)26-11-19(24)22-15-6-7-17(21)16(10-15)20(25)23-14-4-5-14/h3,6-10,14H,4-5,11H2,1-2H3,(H,22,24)(H,23,25). The lowest BCUT2D eigenvalue weighted by Gasteiger charge is -2.11. The monoisotopic (exact) mass is 372 g/mol. The van der Waals surface area contributed by atoms with Gasteiger partial charge in [-0.25, -0.2) is 0 Å². The van der Waals surface area contributed by atoms with Crippen molar-refractivity contribution in [3.05, 3.63) is 58.1 Å². The van der Waals surface area contributed by atoms with Gasteiger partial charge in [-0.15, -0.1) is 0 Å². The van der Waals surface area contributed by atoms with Gasteiger partial charge in [-0.05, 0) is 56.5 Å². The third kappa shape index (κ3) is 4.76. The Balaban J connectivity index is 1.60. The van der Waals surface area contributed by atoms with Gasteiger partial charge >= 0.3 is 0 Å². The summed E-state index contributed by atoms with van der Waals surface area (Å²) in [7, 11) is 0. The summed E-state index contributed by atoms with van der Waals surface area (Å²) in [6.45, 7) is 3.82. The first-order valence-electron chi connectivity index (χ1n) is 8.52. The van der Waals surface area contributed by atoms with Crippen molar-refractivity contribution in [2.45, 2.75) is 32.7 Å². The summed E-state index contributed by atoms with van der Waals surface area (Å²) in [4.78, 5) is 24.3. The molecule has 2 N–H and O–H groups in total. The first kappa shape index (κ1) is 18.3. The van der Waals surface area contributed by atoms with E-state index in [1.807, 2.05) is 32.0 Å². The average molecular weight is 373 g/mol. The predicted octanol–water partition coefficient (Wildman–Crippen LogP) is 3.87. The molecule has 1 aliphatic rings. The molecule has 1 saturated carbocycles. The first-order chi connectivity index (χ1) is 12.4. The van der Waals surface area contributed by atoms with E-state index >= 15 is 0 Å². The number of aryl methyl sites for hydroxylation is 2. The van der Waals surface area contributed by atoms with Crippen molar-refractivity contribution in [2.24, 2.45) is 0 Å². The Kier molecular flexibility index (Phi) is 5.47. The Morgan fingerprint density at radius 2 is 1.92 bits per heavy atom. The minimum Gasteiger partial charge on any atom is -0.483 e. The van der Waals surface area contributed by atoms with Gasteiger partial charge in [0, 0.05) is 11.7 Å². The Hall–Kier alpha value is -2.53. The molecule has 2 amide bonds. The number of benzene rings is 2. The van der Waals surface area contributed by atoms with Crippen molar-refractivity contribution in [3.8, 4) is 5.75 Å². The zero-order chi connectivity index (χ0) is 18.7. The third-order valence-corrected chi connectivity index (χ3v) is 4.43. The quantitative estimate of drug-likeness (QED) is 0.808. The van der Waals surface area contributed by atoms with Crippen molar-refractivity contribution in [1.29, 1.82) is 0 Å². The number of halogens is 1. The maximum atomic E-state index is 12.2. The maximum absolute atomic E-state index is 12.2. The van der Waals surface area contributed by atoms with E-state index in [2.05, 4.69) is 10.6 Å². The van der Waals surface area contributed by atoms with Crippen molar-refractivity contribution in [1.82, 2.24) is 5.32 Å². The van der Waals surface area contributed by atoms with Gasteiger partial charge in [0.1, 0.15) is 5.75 Å². The van der Waals surface area contributed by atoms with E-state index in [1.54, 1.807) is 18.2 Å². The summed E-state index contributed by atoms with van der Waals surface area (Å²) in [5, 5.41) is 5.97. The number of anilines is 1. The fourth-order valence-corrected chi connectivity index (χ4v) is 2.77. The number of ether oxygens (including phenoxy) is 1. The molecule has 136 valence electrons. The molecule has 1 aliphatic carbocycles. The molecule has 0 unspecified atom stereocenters. The molecule has 0 spiro atoms. The number of amides is 2. The van der Waals surface area contributed by atoms with Crippen LogP contribution in [0.1, 0.15) is 34.3 Å². The largest absolute Gasteiger partial charge is 0.483 e. The van der Waals surface area contributed by atoms with E-state index in [9.17, 15) is 9.59 Å². The highest BCUT2D eigenvalue weighted by Crippen LogP contribution is 2.24. The van der Waals surface area contributed by atoms with Crippen molar-refractivity contribution >= 4 is 29.1 Å². The van der Waals surface area contributed by atoms with Crippen molar-refractivity contribution in [3.63, 3.8) is 0 Å². The van der Waals surface area contributed by atoms with Crippen LogP contribution in [-0.2, 0) is 4.79 Å². The zero-order valence-corrected chi connectivity index (χ0v) is 15.5. The first-order valence-corrected chi connectivity index (χ1v) is 8.90. The molecule has 0 bridgehead atoms. The molecule has 26 heavy (non-hydrogen) atoms. The van der Waals surface area contributed by atoms with E-state index in [0.29, 0.717) is 22.0 Å². The second-order valence-electron chi connectivity index (χ2n) is 6.55. The van der Waals surface area contributed by atoms with Crippen LogP contribution in [0.2, 0.25) is 5.02 Å². The summed E-state index contributed by atoms with van der Waals surface area (Å²) in [6.07, 6.45) is 1.99. The fraction of sp³-hybridized carbons (Fsp3) is 0.300. The Labute approximate surface area is 157 Å². The van der Waals surface area contributed by atoms with Gasteiger partial charge in [-0.1, -0.05) is 29.3 Å². The normalized spacial score (nSPS) is 13.2. The Bertz CT molecular complexity index is 847. The van der Waals surface area contributed by atoms with Gasteiger partial charge in [0.2, 0.25) is 0 Å². The molecule has 0 aromatic heterocycles. The van der Waals surface area contributed by atoms with Crippen LogP contribution in [0.15, 0.2) is 36.4 Å². The molecular weight excluding hydrogens is 352 g/mol. The van der Waals surface area contributed by atoms with Gasteiger partial charge in [0.25, 0.3) is 11.8 Å². The second-order valence-corrected chi connectivity index (χ2v) is 6.96. The number of nitrogens with one attached hydrogen (secondary N) is 2. The average Bonchev–Trinajstić information content (AvgIpc) is 3.39. The van der Waals surface area contributed by atoms with E-state index in [4.69, 9.17) is 16.3 Å². The van der Waals surface area contributed by atoms with Crippen LogP contribution >= 0.6 is 11.6 Å². The van der Waals surface area contributed by atoms with Crippen LogP contribution in [-0.4, -0.2) is 24.5 Å². The van der Waals surface area contributed by atoms with Crippen LogP contribution in [0.25, 0.3) is 0 Å². The van der Waals surface area contributed by atoms with Crippen LogP contribution in [0.4, 0.5) is 5.69 Å². The number of rotatable bonds is 6. The topological polar surface area (TPSA) is 67.4 Å². The highest BCUT2D eigenvalue weighted by atomic mass is 35.5. The smallest absolute Gasteiger partial charge is 0.262 e. The summed E-state index contributed by atoms with van der Waals surface area (Å²) in [5.41, 5.74) is 2.97. The lowest BCUT2D eigenvalue weighted by molar-refractivity contribution is -0.118. The third-order valence-electron chi connectivity index (χ3n) is 4.10. The summed E-state index contributed by atoms with van der Waals surface area (Å²) >= 11 is 6.10. The minimum atomic E-state index is -0.305. The number of hydrogen-bond acceptors (Lipinski definition) is 3. The Morgan fingerprint density at radius 3 is 2.62 bits per heavy atom. The molecule has 3 rings (SSSR count). The van der Waals surface area contributed by atoms with E-state index in [0.717, 1.165) is 24.0 Å². The SMILES string of the molecule is Cc1ccc(OCC(=O)Nc2ccc(Cl)c(C(=O)NC3CC3)c2)c(C)c1. The molecular formula is C20H21ClN2O3. The summed E-state index contributed by atoms with van der Waals surface area (Å²) < 4.78 is 5.57. The van der Waals surface area contributed by atoms with Crippen LogP contribution in [0, 0.1) is 13.8 Å². The molecule has 6 heteroatoms. The number of carbonyl (C=O) groups is 2. The van der Waals surface area contributed by atoms with Gasteiger partial charge in [-0.2, -0.15) is 0 Å². The molecule has 1 fully saturated rings. The van der Waals surface area contributed by atoms with Crippen LogP contribution < -0.4 is 15.4 Å². The number of carbonyl (C=O) groups excluding carboxylic acids is 2. The predicted molar refractivity (Wildman–Crippen MR) is 102 cm³/mol. The van der Waals surface area contributed by atoms with Gasteiger partial charge in [0.15, 0.2) is 6.61 Å². The maximum Gasteiger partial charge on any atom is 0.262 e. The van der Waals surface area contributed by atoms with Crippen molar-refractivity contribution in [2.75, 3.05) is 11.9 Å². The molecule has 5 nitrogen and oxygen atoms in total. The zero-order valence-electron chi connectivity index (χ0n) is 14.8.